The number of H-pyrrole nitrogens is 1. The van der Waals surface area contributed by atoms with Crippen molar-refractivity contribution in [1.29, 1.82) is 0 Å². The number of aryl methyl sites for hydroxylation is 2. The van der Waals surface area contributed by atoms with E-state index in [1.54, 1.807) is 0 Å². The number of hydrogen-bond acceptors (Lipinski definition) is 5. The normalized spacial score (nSPS) is 16.5. The molecule has 0 bridgehead atoms. The van der Waals surface area contributed by atoms with E-state index in [2.05, 4.69) is 92.1 Å². The van der Waals surface area contributed by atoms with Gasteiger partial charge in [0.15, 0.2) is 5.82 Å². The molecular weight excluding hydrogens is 436 g/mol. The summed E-state index contributed by atoms with van der Waals surface area (Å²) in [6.07, 6.45) is 6.96. The Hall–Kier alpha value is -2.54. The maximum absolute atomic E-state index is 13.3. The molecule has 1 unspecified atom stereocenters. The molecule has 1 saturated carbocycles. The van der Waals surface area contributed by atoms with Gasteiger partial charge in [0.1, 0.15) is 0 Å². The van der Waals surface area contributed by atoms with Crippen LogP contribution in [0.5, 0.6) is 0 Å². The van der Waals surface area contributed by atoms with Gasteiger partial charge >= 0.3 is 0 Å². The number of nitrogens with one attached hydrogen (secondary N) is 1. The SMILES string of the molecule is CCC(C)(C)n1nnnc1C(C(C)C)N(Cc1cc2c(C)cc(C)cc2[nH]c1=O)C1CCCCC1. The summed E-state index contributed by atoms with van der Waals surface area (Å²) >= 11 is 0. The number of nitrogens with zero attached hydrogens (tertiary/aromatic N) is 5. The van der Waals surface area contributed by atoms with Crippen molar-refractivity contribution in [2.75, 3.05) is 0 Å². The molecular formula is C28H42N6O. The van der Waals surface area contributed by atoms with Crippen molar-refractivity contribution in [3.63, 3.8) is 0 Å². The van der Waals surface area contributed by atoms with Crippen molar-refractivity contribution in [2.45, 2.75) is 111 Å². The van der Waals surface area contributed by atoms with Crippen molar-refractivity contribution < 1.29 is 0 Å². The Kier molecular flexibility index (Phi) is 7.46. The largest absolute Gasteiger partial charge is 0.322 e. The topological polar surface area (TPSA) is 79.7 Å². The molecule has 1 fully saturated rings. The van der Waals surface area contributed by atoms with Crippen molar-refractivity contribution in [3.8, 4) is 0 Å². The van der Waals surface area contributed by atoms with Crippen LogP contribution >= 0.6 is 0 Å². The zero-order valence-electron chi connectivity index (χ0n) is 22.6. The highest BCUT2D eigenvalue weighted by molar-refractivity contribution is 5.83. The lowest BCUT2D eigenvalue weighted by Crippen LogP contribution is -2.44. The summed E-state index contributed by atoms with van der Waals surface area (Å²) < 4.78 is 2.02. The molecule has 7 heteroatoms. The summed E-state index contributed by atoms with van der Waals surface area (Å²) in [5.41, 5.74) is 3.89. The lowest BCUT2D eigenvalue weighted by molar-refractivity contribution is 0.0572. The van der Waals surface area contributed by atoms with E-state index in [4.69, 9.17) is 0 Å². The van der Waals surface area contributed by atoms with E-state index < -0.39 is 0 Å². The molecule has 1 N–H and O–H groups in total. The van der Waals surface area contributed by atoms with Crippen LogP contribution in [0.15, 0.2) is 23.0 Å². The highest BCUT2D eigenvalue weighted by Gasteiger charge is 2.37. The monoisotopic (exact) mass is 478 g/mol. The molecule has 4 rings (SSSR count). The molecule has 1 atom stereocenters. The summed E-state index contributed by atoms with van der Waals surface area (Å²) in [4.78, 5) is 19.0. The Morgan fingerprint density at radius 2 is 1.86 bits per heavy atom. The number of aromatic amines is 1. The van der Waals surface area contributed by atoms with E-state index in [9.17, 15) is 4.79 Å². The molecule has 0 saturated heterocycles. The fourth-order valence-corrected chi connectivity index (χ4v) is 5.69. The van der Waals surface area contributed by atoms with Gasteiger partial charge in [0.05, 0.1) is 11.6 Å². The molecule has 1 aromatic carbocycles. The van der Waals surface area contributed by atoms with Gasteiger partial charge in [-0.1, -0.05) is 46.1 Å². The van der Waals surface area contributed by atoms with Crippen molar-refractivity contribution in [1.82, 2.24) is 30.1 Å². The zero-order chi connectivity index (χ0) is 25.3. The first-order chi connectivity index (χ1) is 16.6. The van der Waals surface area contributed by atoms with E-state index in [1.807, 2.05) is 4.68 Å². The Labute approximate surface area is 209 Å². The Bertz CT molecular complexity index is 1220. The number of hydrogen-bond donors (Lipinski definition) is 1. The van der Waals surface area contributed by atoms with Gasteiger partial charge in [0.2, 0.25) is 0 Å². The second-order valence-electron chi connectivity index (χ2n) is 11.4. The van der Waals surface area contributed by atoms with Crippen LogP contribution in [0.3, 0.4) is 0 Å². The van der Waals surface area contributed by atoms with Crippen LogP contribution in [-0.2, 0) is 12.1 Å². The van der Waals surface area contributed by atoms with Gasteiger partial charge in [-0.3, -0.25) is 9.69 Å². The third-order valence-corrected chi connectivity index (χ3v) is 7.97. The fraction of sp³-hybridized carbons (Fsp3) is 0.643. The van der Waals surface area contributed by atoms with Gasteiger partial charge in [0, 0.05) is 29.1 Å². The molecule has 2 heterocycles. The van der Waals surface area contributed by atoms with Gasteiger partial charge in [-0.2, -0.15) is 0 Å². The number of rotatable bonds is 8. The van der Waals surface area contributed by atoms with Crippen molar-refractivity contribution in [2.24, 2.45) is 5.92 Å². The molecule has 1 aliphatic carbocycles. The summed E-state index contributed by atoms with van der Waals surface area (Å²) in [6, 6.07) is 6.77. The lowest BCUT2D eigenvalue weighted by Gasteiger charge is -2.42. The predicted molar refractivity (Wildman–Crippen MR) is 141 cm³/mol. The number of aromatic nitrogens is 5. The smallest absolute Gasteiger partial charge is 0.252 e. The van der Waals surface area contributed by atoms with Crippen LogP contribution in [0, 0.1) is 19.8 Å². The van der Waals surface area contributed by atoms with E-state index in [1.165, 1.54) is 24.8 Å². The second kappa shape index (κ2) is 10.2. The van der Waals surface area contributed by atoms with E-state index in [-0.39, 0.29) is 17.1 Å². The predicted octanol–water partition coefficient (Wildman–Crippen LogP) is 5.81. The molecule has 0 radical (unpaired) electrons. The Morgan fingerprint density at radius 1 is 1.14 bits per heavy atom. The van der Waals surface area contributed by atoms with Crippen LogP contribution in [0.1, 0.15) is 102 Å². The average Bonchev–Trinajstić information content (AvgIpc) is 3.30. The molecule has 35 heavy (non-hydrogen) atoms. The van der Waals surface area contributed by atoms with E-state index >= 15 is 0 Å². The van der Waals surface area contributed by atoms with Gasteiger partial charge in [-0.15, -0.1) is 5.10 Å². The van der Waals surface area contributed by atoms with Crippen LogP contribution in [0.2, 0.25) is 0 Å². The molecule has 0 amide bonds. The van der Waals surface area contributed by atoms with E-state index in [0.29, 0.717) is 18.5 Å². The standard InChI is InChI=1S/C28H42N6O/c1-8-28(6,7)34-26(30-31-32-34)25(18(2)3)33(22-12-10-9-11-13-22)17-21-16-23-20(5)14-19(4)15-24(23)29-27(21)35/h14-16,18,22,25H,8-13,17H2,1-7H3,(H,29,35). The summed E-state index contributed by atoms with van der Waals surface area (Å²) in [5, 5.41) is 14.3. The molecule has 7 nitrogen and oxygen atoms in total. The average molecular weight is 479 g/mol. The Balaban J connectivity index is 1.81. The quantitative estimate of drug-likeness (QED) is 0.442. The zero-order valence-corrected chi connectivity index (χ0v) is 22.6. The van der Waals surface area contributed by atoms with Crippen LogP contribution in [0.4, 0.5) is 0 Å². The molecule has 0 aliphatic heterocycles. The molecule has 2 aromatic heterocycles. The lowest BCUT2D eigenvalue weighted by atomic mass is 9.89. The number of benzene rings is 1. The third kappa shape index (κ3) is 5.20. The van der Waals surface area contributed by atoms with Crippen LogP contribution in [-0.4, -0.2) is 36.1 Å². The van der Waals surface area contributed by atoms with E-state index in [0.717, 1.165) is 47.1 Å². The molecule has 190 valence electrons. The minimum absolute atomic E-state index is 0.000652. The summed E-state index contributed by atoms with van der Waals surface area (Å²) in [5.74, 6) is 1.19. The highest BCUT2D eigenvalue weighted by Crippen LogP contribution is 2.37. The molecule has 1 aliphatic rings. The fourth-order valence-electron chi connectivity index (χ4n) is 5.69. The van der Waals surface area contributed by atoms with Crippen molar-refractivity contribution in [3.05, 3.63) is 51.1 Å². The summed E-state index contributed by atoms with van der Waals surface area (Å²) in [7, 11) is 0. The molecule has 3 aromatic rings. The molecule has 0 spiro atoms. The minimum atomic E-state index is -0.181. The van der Waals surface area contributed by atoms with Gasteiger partial charge in [0.25, 0.3) is 5.56 Å². The minimum Gasteiger partial charge on any atom is -0.322 e. The van der Waals surface area contributed by atoms with Gasteiger partial charge in [-0.05, 0) is 86.6 Å². The number of fused-ring (bicyclic) bond motifs is 1. The first kappa shape index (κ1) is 25.5. The van der Waals surface area contributed by atoms with Crippen LogP contribution in [0.25, 0.3) is 10.9 Å². The van der Waals surface area contributed by atoms with Crippen LogP contribution < -0.4 is 5.56 Å². The summed E-state index contributed by atoms with van der Waals surface area (Å²) in [6.45, 7) is 15.8. The third-order valence-electron chi connectivity index (χ3n) is 7.97. The first-order valence-corrected chi connectivity index (χ1v) is 13.3. The maximum atomic E-state index is 13.3. The highest BCUT2D eigenvalue weighted by atomic mass is 16.1. The number of tetrazole rings is 1. The maximum Gasteiger partial charge on any atom is 0.252 e. The Morgan fingerprint density at radius 3 is 2.51 bits per heavy atom. The van der Waals surface area contributed by atoms with Gasteiger partial charge in [-0.25, -0.2) is 4.68 Å². The van der Waals surface area contributed by atoms with Crippen molar-refractivity contribution >= 4 is 10.9 Å². The van der Waals surface area contributed by atoms with Gasteiger partial charge < -0.3 is 4.98 Å². The first-order valence-electron chi connectivity index (χ1n) is 13.3. The second-order valence-corrected chi connectivity index (χ2v) is 11.4. The number of pyridine rings is 1.